The number of hydrogen-bond acceptors (Lipinski definition) is 2. The van der Waals surface area contributed by atoms with Crippen LogP contribution in [-0.4, -0.2) is 29.7 Å². The minimum atomic E-state index is -1.02. The van der Waals surface area contributed by atoms with Crippen molar-refractivity contribution in [1.82, 2.24) is 10.6 Å². The molecule has 0 aromatic rings. The van der Waals surface area contributed by atoms with E-state index in [0.29, 0.717) is 19.4 Å². The molecule has 14 heavy (non-hydrogen) atoms. The quantitative estimate of drug-likeness (QED) is 0.437. The van der Waals surface area contributed by atoms with Crippen molar-refractivity contribution in [2.24, 2.45) is 0 Å². The van der Waals surface area contributed by atoms with E-state index in [9.17, 15) is 9.59 Å². The van der Waals surface area contributed by atoms with Gasteiger partial charge in [0.05, 0.1) is 0 Å². The minimum Gasteiger partial charge on any atom is -0.480 e. The highest BCUT2D eigenvalue weighted by Crippen LogP contribution is 1.90. The summed E-state index contributed by atoms with van der Waals surface area (Å²) in [6.45, 7) is 5.66. The molecule has 0 radical (unpaired) electrons. The highest BCUT2D eigenvalue weighted by Gasteiger charge is 2.16. The molecule has 0 rings (SSSR count). The Kier molecular flexibility index (Phi) is 6.19. The third-order valence-corrected chi connectivity index (χ3v) is 1.65. The van der Waals surface area contributed by atoms with Crippen LogP contribution in [0.1, 0.15) is 19.8 Å². The molecule has 0 heterocycles. The Morgan fingerprint density at radius 3 is 2.64 bits per heavy atom. The molecule has 1 unspecified atom stereocenters. The predicted octanol–water partition coefficient (Wildman–Crippen LogP) is 0.725. The molecule has 0 saturated carbocycles. The first kappa shape index (κ1) is 12.5. The van der Waals surface area contributed by atoms with Crippen molar-refractivity contribution < 1.29 is 14.7 Å². The molecule has 5 heteroatoms. The summed E-state index contributed by atoms with van der Waals surface area (Å²) in [4.78, 5) is 21.6. The first-order chi connectivity index (χ1) is 6.61. The zero-order valence-corrected chi connectivity index (χ0v) is 8.25. The van der Waals surface area contributed by atoms with E-state index in [1.165, 1.54) is 0 Å². The summed E-state index contributed by atoms with van der Waals surface area (Å²) < 4.78 is 0. The van der Waals surface area contributed by atoms with Crippen molar-refractivity contribution >= 4 is 12.0 Å². The molecule has 0 saturated heterocycles. The third-order valence-electron chi connectivity index (χ3n) is 1.65. The number of nitrogens with one attached hydrogen (secondary N) is 2. The smallest absolute Gasteiger partial charge is 0.326 e. The van der Waals surface area contributed by atoms with Gasteiger partial charge in [0, 0.05) is 6.54 Å². The summed E-state index contributed by atoms with van der Waals surface area (Å²) in [6.07, 6.45) is 2.70. The average Bonchev–Trinajstić information content (AvgIpc) is 2.14. The summed E-state index contributed by atoms with van der Waals surface area (Å²) in [5.41, 5.74) is 0. The van der Waals surface area contributed by atoms with E-state index in [1.807, 2.05) is 0 Å². The van der Waals surface area contributed by atoms with E-state index in [0.717, 1.165) is 0 Å². The lowest BCUT2D eigenvalue weighted by Gasteiger charge is -2.12. The molecule has 5 nitrogen and oxygen atoms in total. The van der Waals surface area contributed by atoms with Gasteiger partial charge in [0.2, 0.25) is 0 Å². The number of amides is 2. The van der Waals surface area contributed by atoms with Crippen molar-refractivity contribution in [1.29, 1.82) is 0 Å². The van der Waals surface area contributed by atoms with Crippen LogP contribution in [-0.2, 0) is 4.79 Å². The van der Waals surface area contributed by atoms with E-state index in [1.54, 1.807) is 13.0 Å². The van der Waals surface area contributed by atoms with Crippen LogP contribution in [0.4, 0.5) is 4.79 Å². The summed E-state index contributed by atoms with van der Waals surface area (Å²) >= 11 is 0. The summed E-state index contributed by atoms with van der Waals surface area (Å²) in [7, 11) is 0. The second kappa shape index (κ2) is 6.94. The topological polar surface area (TPSA) is 78.4 Å². The number of hydrogen-bond donors (Lipinski definition) is 3. The number of urea groups is 1. The molecule has 0 aromatic carbocycles. The Morgan fingerprint density at radius 2 is 2.21 bits per heavy atom. The molecule has 2 amide bonds. The van der Waals surface area contributed by atoms with E-state index < -0.39 is 18.0 Å². The van der Waals surface area contributed by atoms with Gasteiger partial charge in [0.25, 0.3) is 0 Å². The van der Waals surface area contributed by atoms with Gasteiger partial charge in [-0.2, -0.15) is 0 Å². The molecular formula is C9H16N2O3. The summed E-state index contributed by atoms with van der Waals surface area (Å²) in [5.74, 6) is -1.02. The highest BCUT2D eigenvalue weighted by atomic mass is 16.4. The predicted molar refractivity (Wildman–Crippen MR) is 53.1 cm³/mol. The van der Waals surface area contributed by atoms with Gasteiger partial charge < -0.3 is 15.7 Å². The monoisotopic (exact) mass is 200 g/mol. The number of carboxylic acids is 1. The van der Waals surface area contributed by atoms with Crippen molar-refractivity contribution in [3.63, 3.8) is 0 Å². The molecule has 0 aromatic heterocycles. The summed E-state index contributed by atoms with van der Waals surface area (Å²) in [5, 5.41) is 13.5. The van der Waals surface area contributed by atoms with Gasteiger partial charge in [-0.1, -0.05) is 13.0 Å². The normalized spacial score (nSPS) is 11.5. The second-order valence-corrected chi connectivity index (χ2v) is 2.78. The van der Waals surface area contributed by atoms with Crippen LogP contribution in [0, 0.1) is 0 Å². The van der Waals surface area contributed by atoms with Crippen molar-refractivity contribution in [2.45, 2.75) is 25.8 Å². The highest BCUT2D eigenvalue weighted by molar-refractivity contribution is 5.82. The van der Waals surface area contributed by atoms with Crippen LogP contribution in [0.3, 0.4) is 0 Å². The van der Waals surface area contributed by atoms with Crippen LogP contribution in [0.15, 0.2) is 12.7 Å². The van der Waals surface area contributed by atoms with Gasteiger partial charge in [-0.05, 0) is 12.8 Å². The molecule has 0 fully saturated rings. The lowest BCUT2D eigenvalue weighted by Crippen LogP contribution is -2.45. The zero-order chi connectivity index (χ0) is 11.0. The average molecular weight is 200 g/mol. The van der Waals surface area contributed by atoms with Gasteiger partial charge in [0.1, 0.15) is 6.04 Å². The number of carbonyl (C=O) groups is 2. The van der Waals surface area contributed by atoms with Gasteiger partial charge in [-0.3, -0.25) is 0 Å². The van der Waals surface area contributed by atoms with Crippen molar-refractivity contribution in [3.05, 3.63) is 12.7 Å². The Labute approximate surface area is 83.2 Å². The molecule has 0 bridgehead atoms. The van der Waals surface area contributed by atoms with Crippen LogP contribution in [0.2, 0.25) is 0 Å². The van der Waals surface area contributed by atoms with Crippen molar-refractivity contribution in [2.75, 3.05) is 6.54 Å². The zero-order valence-electron chi connectivity index (χ0n) is 8.25. The fraction of sp³-hybridized carbons (Fsp3) is 0.556. The standard InChI is InChI=1S/C9H16N2O3/c1-3-5-6-10-9(14)11-7(4-2)8(12)13/h3,7H,1,4-6H2,2H3,(H,12,13)(H2,10,11,14). The molecular weight excluding hydrogens is 184 g/mol. The second-order valence-electron chi connectivity index (χ2n) is 2.78. The molecule has 0 spiro atoms. The molecule has 0 aliphatic carbocycles. The Bertz CT molecular complexity index is 216. The van der Waals surface area contributed by atoms with E-state index in [2.05, 4.69) is 17.2 Å². The lowest BCUT2D eigenvalue weighted by atomic mass is 10.2. The first-order valence-corrected chi connectivity index (χ1v) is 4.49. The maximum absolute atomic E-state index is 11.1. The van der Waals surface area contributed by atoms with Gasteiger partial charge in [0.15, 0.2) is 0 Å². The van der Waals surface area contributed by atoms with Gasteiger partial charge in [-0.25, -0.2) is 9.59 Å². The maximum atomic E-state index is 11.1. The van der Waals surface area contributed by atoms with Crippen molar-refractivity contribution in [3.8, 4) is 0 Å². The van der Waals surface area contributed by atoms with Gasteiger partial charge >= 0.3 is 12.0 Å². The first-order valence-electron chi connectivity index (χ1n) is 4.49. The molecule has 1 atom stereocenters. The number of carboxylic acid groups (broad SMARTS) is 1. The van der Waals surface area contributed by atoms with E-state index >= 15 is 0 Å². The van der Waals surface area contributed by atoms with E-state index in [4.69, 9.17) is 5.11 Å². The fourth-order valence-corrected chi connectivity index (χ4v) is 0.835. The number of carbonyl (C=O) groups excluding carboxylic acids is 1. The number of aliphatic carboxylic acids is 1. The molecule has 80 valence electrons. The molecule has 0 aliphatic rings. The minimum absolute atomic E-state index is 0.365. The van der Waals surface area contributed by atoms with Crippen LogP contribution in [0.25, 0.3) is 0 Å². The molecule has 0 aliphatic heterocycles. The maximum Gasteiger partial charge on any atom is 0.326 e. The third kappa shape index (κ3) is 5.18. The van der Waals surface area contributed by atoms with Crippen LogP contribution in [0.5, 0.6) is 0 Å². The van der Waals surface area contributed by atoms with Crippen LogP contribution >= 0.6 is 0 Å². The Balaban J connectivity index is 3.79. The Morgan fingerprint density at radius 1 is 1.57 bits per heavy atom. The number of rotatable bonds is 6. The molecule has 3 N–H and O–H groups in total. The van der Waals surface area contributed by atoms with E-state index in [-0.39, 0.29) is 0 Å². The van der Waals surface area contributed by atoms with Crippen LogP contribution < -0.4 is 10.6 Å². The SMILES string of the molecule is C=CCCNC(=O)NC(CC)C(=O)O. The largest absolute Gasteiger partial charge is 0.480 e. The van der Waals surface area contributed by atoms with Gasteiger partial charge in [-0.15, -0.1) is 6.58 Å². The fourth-order valence-electron chi connectivity index (χ4n) is 0.835. The lowest BCUT2D eigenvalue weighted by molar-refractivity contribution is -0.139. The summed E-state index contributed by atoms with van der Waals surface area (Å²) in [6, 6.07) is -1.28. The Hall–Kier alpha value is -1.52.